The third kappa shape index (κ3) is 8.29. The first kappa shape index (κ1) is 17.4. The third-order valence-electron chi connectivity index (χ3n) is 4.13. The summed E-state index contributed by atoms with van der Waals surface area (Å²) >= 11 is 8.95. The van der Waals surface area contributed by atoms with Crippen molar-refractivity contribution in [1.82, 2.24) is 0 Å². The first-order valence-electron chi connectivity index (χ1n) is 8.11. The van der Waals surface area contributed by atoms with E-state index in [2.05, 4.69) is 25.3 Å². The van der Waals surface area contributed by atoms with Gasteiger partial charge in [-0.1, -0.05) is 70.6 Å². The van der Waals surface area contributed by atoms with Crippen LogP contribution in [0.15, 0.2) is 0 Å². The number of Topliss-reactive ketones (excluding diaryl/α,β-unsaturated/α-hetero) is 1. The molecule has 0 atom stereocenters. The molecule has 112 valence electrons. The quantitative estimate of drug-likeness (QED) is 0.441. The lowest BCUT2D eigenvalue weighted by molar-refractivity contribution is -0.119. The molecule has 19 heavy (non-hydrogen) atoms. The van der Waals surface area contributed by atoms with Crippen molar-refractivity contribution in [1.29, 1.82) is 0 Å². The van der Waals surface area contributed by atoms with E-state index in [1.165, 1.54) is 64.2 Å². The summed E-state index contributed by atoms with van der Waals surface area (Å²) in [5, 5.41) is 0. The fourth-order valence-corrected chi connectivity index (χ4v) is 3.30. The molecule has 1 aliphatic rings. The molecule has 0 amide bonds. The van der Waals surface area contributed by atoms with Crippen molar-refractivity contribution in [2.75, 3.05) is 0 Å². The second-order valence-corrected chi connectivity index (χ2v) is 7.86. The van der Waals surface area contributed by atoms with Gasteiger partial charge in [0.2, 0.25) is 0 Å². The predicted octanol–water partition coefficient (Wildman–Crippen LogP) is 5.59. The van der Waals surface area contributed by atoms with Crippen LogP contribution in [0.3, 0.4) is 0 Å². The van der Waals surface area contributed by atoms with E-state index >= 15 is 0 Å². The molecule has 1 saturated carbocycles. The van der Waals surface area contributed by atoms with Gasteiger partial charge in [-0.05, 0) is 12.8 Å². The third-order valence-corrected chi connectivity index (χ3v) is 5.07. The summed E-state index contributed by atoms with van der Waals surface area (Å²) in [5.41, 5.74) is 0. The van der Waals surface area contributed by atoms with Gasteiger partial charge in [0.05, 0.1) is 0 Å². The Kier molecular flexibility index (Phi) is 9.31. The monoisotopic (exact) mass is 302 g/mol. The zero-order chi connectivity index (χ0) is 14.0. The standard InChI is InChI=1S/C16H30OS2/c17-15-13-11-9-7-5-3-1-2-4-6-8-10-12-14-16(15,18)19/h18-19H,1-14H2. The van der Waals surface area contributed by atoms with Gasteiger partial charge in [0.25, 0.3) is 0 Å². The molecular weight excluding hydrogens is 272 g/mol. The van der Waals surface area contributed by atoms with Gasteiger partial charge in [0.15, 0.2) is 5.78 Å². The minimum Gasteiger partial charge on any atom is -0.297 e. The van der Waals surface area contributed by atoms with Crippen LogP contribution >= 0.6 is 25.3 Å². The summed E-state index contributed by atoms with van der Waals surface area (Å²) < 4.78 is -0.683. The minimum absolute atomic E-state index is 0.228. The Morgan fingerprint density at radius 1 is 0.632 bits per heavy atom. The van der Waals surface area contributed by atoms with Crippen LogP contribution in [0.2, 0.25) is 0 Å². The summed E-state index contributed by atoms with van der Waals surface area (Å²) in [5.74, 6) is 0.228. The van der Waals surface area contributed by atoms with Crippen LogP contribution < -0.4 is 0 Å². The first-order chi connectivity index (χ1) is 9.13. The summed E-state index contributed by atoms with van der Waals surface area (Å²) in [7, 11) is 0. The van der Waals surface area contributed by atoms with Gasteiger partial charge < -0.3 is 0 Å². The van der Waals surface area contributed by atoms with E-state index in [4.69, 9.17) is 0 Å². The number of carbonyl (C=O) groups excluding carboxylic acids is 1. The molecule has 1 nitrogen and oxygen atoms in total. The Balaban J connectivity index is 2.33. The van der Waals surface area contributed by atoms with Gasteiger partial charge in [0.1, 0.15) is 4.08 Å². The van der Waals surface area contributed by atoms with Crippen LogP contribution in [0.25, 0.3) is 0 Å². The molecule has 1 fully saturated rings. The van der Waals surface area contributed by atoms with E-state index in [1.807, 2.05) is 0 Å². The number of thiol groups is 2. The summed E-state index contributed by atoms with van der Waals surface area (Å²) in [4.78, 5) is 12.1. The molecule has 0 aromatic rings. The number of carbonyl (C=O) groups is 1. The molecule has 1 rings (SSSR count). The molecule has 0 unspecified atom stereocenters. The number of rotatable bonds is 0. The van der Waals surface area contributed by atoms with Gasteiger partial charge in [0, 0.05) is 6.42 Å². The zero-order valence-corrected chi connectivity index (χ0v) is 14.0. The Morgan fingerprint density at radius 2 is 1.00 bits per heavy atom. The van der Waals surface area contributed by atoms with Crippen LogP contribution in [-0.4, -0.2) is 9.86 Å². The highest BCUT2D eigenvalue weighted by Crippen LogP contribution is 2.30. The van der Waals surface area contributed by atoms with Gasteiger partial charge in [-0.3, -0.25) is 4.79 Å². The Hall–Kier alpha value is 0.370. The second-order valence-electron chi connectivity index (χ2n) is 5.98. The molecule has 0 spiro atoms. The first-order valence-corrected chi connectivity index (χ1v) is 9.00. The van der Waals surface area contributed by atoms with E-state index in [0.29, 0.717) is 6.42 Å². The zero-order valence-electron chi connectivity index (χ0n) is 12.2. The lowest BCUT2D eigenvalue weighted by atomic mass is 10.00. The maximum atomic E-state index is 12.1. The van der Waals surface area contributed by atoms with E-state index in [9.17, 15) is 4.79 Å². The summed E-state index contributed by atoms with van der Waals surface area (Å²) in [6.07, 6.45) is 16.8. The van der Waals surface area contributed by atoms with Crippen molar-refractivity contribution in [2.24, 2.45) is 0 Å². The molecule has 0 N–H and O–H groups in total. The maximum Gasteiger partial charge on any atom is 0.158 e. The van der Waals surface area contributed by atoms with E-state index in [1.54, 1.807) is 0 Å². The van der Waals surface area contributed by atoms with E-state index < -0.39 is 4.08 Å². The molecule has 3 heteroatoms. The average Bonchev–Trinajstić information content (AvgIpc) is 2.37. The number of ketones is 1. The highest BCUT2D eigenvalue weighted by Gasteiger charge is 2.28. The van der Waals surface area contributed by atoms with Crippen molar-refractivity contribution in [3.63, 3.8) is 0 Å². The SMILES string of the molecule is O=C1CCCCCCCCCCCCCCC1(S)S. The maximum absolute atomic E-state index is 12.1. The van der Waals surface area contributed by atoms with E-state index in [0.717, 1.165) is 19.3 Å². The van der Waals surface area contributed by atoms with Crippen LogP contribution in [0.1, 0.15) is 89.9 Å². The summed E-state index contributed by atoms with van der Waals surface area (Å²) in [6, 6.07) is 0. The summed E-state index contributed by atoms with van der Waals surface area (Å²) in [6.45, 7) is 0. The Labute approximate surface area is 130 Å². The molecule has 0 bridgehead atoms. The fraction of sp³-hybridized carbons (Fsp3) is 0.938. The van der Waals surface area contributed by atoms with Crippen LogP contribution in [0.4, 0.5) is 0 Å². The fourth-order valence-electron chi connectivity index (χ4n) is 2.76. The lowest BCUT2D eigenvalue weighted by Crippen LogP contribution is -2.26. The number of hydrogen-bond acceptors (Lipinski definition) is 3. The highest BCUT2D eigenvalue weighted by atomic mass is 32.2. The average molecular weight is 303 g/mol. The normalized spacial score (nSPS) is 25.1. The molecule has 0 heterocycles. The molecular formula is C16H30OS2. The molecule has 0 aliphatic heterocycles. The Bertz CT molecular complexity index is 251. The number of hydrogen-bond donors (Lipinski definition) is 2. The largest absolute Gasteiger partial charge is 0.297 e. The van der Waals surface area contributed by atoms with Gasteiger partial charge >= 0.3 is 0 Å². The lowest BCUT2D eigenvalue weighted by Gasteiger charge is -2.21. The van der Waals surface area contributed by atoms with Crippen molar-refractivity contribution < 1.29 is 4.79 Å². The van der Waals surface area contributed by atoms with E-state index in [-0.39, 0.29) is 5.78 Å². The second kappa shape index (κ2) is 10.1. The topological polar surface area (TPSA) is 17.1 Å². The van der Waals surface area contributed by atoms with Gasteiger partial charge in [-0.25, -0.2) is 0 Å². The van der Waals surface area contributed by atoms with Crippen molar-refractivity contribution in [3.05, 3.63) is 0 Å². The minimum atomic E-state index is -0.683. The van der Waals surface area contributed by atoms with Crippen LogP contribution in [0, 0.1) is 0 Å². The van der Waals surface area contributed by atoms with Gasteiger partial charge in [-0.2, -0.15) is 25.3 Å². The molecule has 0 radical (unpaired) electrons. The smallest absolute Gasteiger partial charge is 0.158 e. The Morgan fingerprint density at radius 3 is 1.47 bits per heavy atom. The van der Waals surface area contributed by atoms with Gasteiger partial charge in [-0.15, -0.1) is 0 Å². The predicted molar refractivity (Wildman–Crippen MR) is 90.3 cm³/mol. The molecule has 0 saturated heterocycles. The van der Waals surface area contributed by atoms with Crippen molar-refractivity contribution in [3.8, 4) is 0 Å². The van der Waals surface area contributed by atoms with Crippen molar-refractivity contribution >= 4 is 31.0 Å². The van der Waals surface area contributed by atoms with Crippen LogP contribution in [0.5, 0.6) is 0 Å². The van der Waals surface area contributed by atoms with Crippen LogP contribution in [-0.2, 0) is 4.79 Å². The molecule has 0 aromatic carbocycles. The highest BCUT2D eigenvalue weighted by molar-refractivity contribution is 8.02. The van der Waals surface area contributed by atoms with Crippen molar-refractivity contribution in [2.45, 2.75) is 94.0 Å². The molecule has 1 aliphatic carbocycles. The molecule has 0 aromatic heterocycles.